The van der Waals surface area contributed by atoms with Crippen LogP contribution in [0.5, 0.6) is 5.75 Å². The van der Waals surface area contributed by atoms with Crippen LogP contribution >= 0.6 is 56.3 Å². The zero-order valence-corrected chi connectivity index (χ0v) is 22.2. The highest BCUT2D eigenvalue weighted by Crippen LogP contribution is 2.39. The number of methoxy groups -OCH3 is 1. The summed E-state index contributed by atoms with van der Waals surface area (Å²) in [4.78, 5) is 25.1. The van der Waals surface area contributed by atoms with Gasteiger partial charge >= 0.3 is 12.1 Å². The molecule has 2 N–H and O–H groups in total. The van der Waals surface area contributed by atoms with Crippen molar-refractivity contribution < 1.29 is 28.9 Å². The van der Waals surface area contributed by atoms with Crippen LogP contribution in [0.25, 0.3) is 0 Å². The Morgan fingerprint density at radius 1 is 1.22 bits per heavy atom. The summed E-state index contributed by atoms with van der Waals surface area (Å²) in [6.45, 7) is 0.0332. The molecule has 0 aliphatic rings. The van der Waals surface area contributed by atoms with Crippen molar-refractivity contribution in [3.05, 3.63) is 50.9 Å². The van der Waals surface area contributed by atoms with Gasteiger partial charge in [0.25, 0.3) is 0 Å². The van der Waals surface area contributed by atoms with Gasteiger partial charge in [0, 0.05) is 34.1 Å². The lowest BCUT2D eigenvalue weighted by molar-refractivity contribution is -0.141. The van der Waals surface area contributed by atoms with Crippen LogP contribution in [-0.4, -0.2) is 49.0 Å². The number of thiol groups is 1. The SMILES string of the molecule is CO[C@H](CCOC(=O)CS)[C@H](OC(=O)Nc1ccc(SC)cc1)c1cc(Br)cc(Br)c1O. The van der Waals surface area contributed by atoms with Crippen LogP contribution in [0.3, 0.4) is 0 Å². The molecule has 0 aromatic heterocycles. The summed E-state index contributed by atoms with van der Waals surface area (Å²) in [5.41, 5.74) is 0.884. The first-order chi connectivity index (χ1) is 15.3. The largest absolute Gasteiger partial charge is 0.506 e. The fourth-order valence-electron chi connectivity index (χ4n) is 2.81. The molecule has 0 unspecified atom stereocenters. The maximum absolute atomic E-state index is 12.7. The number of anilines is 1. The summed E-state index contributed by atoms with van der Waals surface area (Å²) >= 11 is 12.1. The van der Waals surface area contributed by atoms with Crippen molar-refractivity contribution in [1.29, 1.82) is 0 Å². The fraction of sp³-hybridized carbons (Fsp3) is 0.333. The second-order valence-corrected chi connectivity index (χ2v) is 9.41. The number of aromatic hydroxyl groups is 1. The molecule has 2 aromatic rings. The van der Waals surface area contributed by atoms with Crippen LogP contribution in [0.4, 0.5) is 10.5 Å². The Labute approximate surface area is 213 Å². The number of hydrogen-bond donors (Lipinski definition) is 3. The van der Waals surface area contributed by atoms with E-state index in [1.165, 1.54) is 7.11 Å². The summed E-state index contributed by atoms with van der Waals surface area (Å²) in [5.74, 6) is -0.612. The number of rotatable bonds is 10. The van der Waals surface area contributed by atoms with Crippen LogP contribution < -0.4 is 5.32 Å². The highest BCUT2D eigenvalue weighted by Gasteiger charge is 2.31. The van der Waals surface area contributed by atoms with Crippen LogP contribution in [0.1, 0.15) is 18.1 Å². The minimum Gasteiger partial charge on any atom is -0.506 e. The Morgan fingerprint density at radius 3 is 2.50 bits per heavy atom. The number of nitrogens with one attached hydrogen (secondary N) is 1. The zero-order chi connectivity index (χ0) is 23.7. The molecule has 0 spiro atoms. The lowest BCUT2D eigenvalue weighted by Crippen LogP contribution is -2.29. The molecule has 7 nitrogen and oxygen atoms in total. The quantitative estimate of drug-likeness (QED) is 0.178. The first-order valence-corrected chi connectivity index (χ1v) is 12.8. The molecular formula is C21H23Br2NO6S2. The number of hydrogen-bond acceptors (Lipinski definition) is 8. The van der Waals surface area contributed by atoms with Gasteiger partial charge in [-0.3, -0.25) is 10.1 Å². The Hall–Kier alpha value is -1.40. The summed E-state index contributed by atoms with van der Waals surface area (Å²) in [6.07, 6.45) is -0.243. The van der Waals surface area contributed by atoms with E-state index in [-0.39, 0.29) is 24.5 Å². The van der Waals surface area contributed by atoms with Gasteiger partial charge < -0.3 is 19.3 Å². The van der Waals surface area contributed by atoms with Gasteiger partial charge in [0.1, 0.15) is 11.9 Å². The van der Waals surface area contributed by atoms with E-state index in [0.29, 0.717) is 20.2 Å². The van der Waals surface area contributed by atoms with Crippen molar-refractivity contribution in [2.24, 2.45) is 0 Å². The maximum atomic E-state index is 12.7. The summed E-state index contributed by atoms with van der Waals surface area (Å²) in [6, 6.07) is 10.6. The van der Waals surface area contributed by atoms with Gasteiger partial charge in [0.2, 0.25) is 0 Å². The molecule has 0 bridgehead atoms. The molecule has 0 saturated heterocycles. The number of halogens is 2. The molecule has 1 amide bonds. The molecule has 2 aromatic carbocycles. The monoisotopic (exact) mass is 607 g/mol. The molecule has 11 heteroatoms. The number of carbonyl (C=O) groups excluding carboxylic acids is 2. The molecule has 0 aliphatic carbocycles. The number of thioether (sulfide) groups is 1. The van der Waals surface area contributed by atoms with E-state index in [1.54, 1.807) is 36.0 Å². The number of carbonyl (C=O) groups is 2. The van der Waals surface area contributed by atoms with Crippen molar-refractivity contribution in [1.82, 2.24) is 0 Å². The Morgan fingerprint density at radius 2 is 1.91 bits per heavy atom. The third kappa shape index (κ3) is 7.87. The third-order valence-corrected chi connectivity index (χ3v) is 6.43. The first-order valence-electron chi connectivity index (χ1n) is 9.37. The minimum atomic E-state index is -0.992. The maximum Gasteiger partial charge on any atom is 0.412 e. The van der Waals surface area contributed by atoms with E-state index in [2.05, 4.69) is 49.8 Å². The number of phenolic OH excluding ortho intramolecular Hbond substituents is 1. The van der Waals surface area contributed by atoms with Gasteiger partial charge in [0.05, 0.1) is 16.8 Å². The number of ether oxygens (including phenoxy) is 3. The van der Waals surface area contributed by atoms with Gasteiger partial charge in [-0.1, -0.05) is 15.9 Å². The second kappa shape index (κ2) is 13.3. The molecule has 2 rings (SSSR count). The number of phenols is 1. The molecule has 0 heterocycles. The third-order valence-electron chi connectivity index (χ3n) is 4.37. The zero-order valence-electron chi connectivity index (χ0n) is 17.3. The smallest absolute Gasteiger partial charge is 0.412 e. The van der Waals surface area contributed by atoms with E-state index in [1.807, 2.05) is 18.4 Å². The molecule has 0 fully saturated rings. The van der Waals surface area contributed by atoms with E-state index in [4.69, 9.17) is 14.2 Å². The lowest BCUT2D eigenvalue weighted by atomic mass is 10.0. The average Bonchev–Trinajstić information content (AvgIpc) is 2.78. The van der Waals surface area contributed by atoms with Crippen molar-refractivity contribution in [2.45, 2.75) is 23.5 Å². The Bertz CT molecular complexity index is 929. The van der Waals surface area contributed by atoms with Crippen LogP contribution in [-0.2, 0) is 19.0 Å². The lowest BCUT2D eigenvalue weighted by Gasteiger charge is -2.27. The van der Waals surface area contributed by atoms with Gasteiger partial charge in [0.15, 0.2) is 6.10 Å². The Kier molecular flexibility index (Phi) is 11.2. The highest BCUT2D eigenvalue weighted by molar-refractivity contribution is 9.11. The van der Waals surface area contributed by atoms with Gasteiger partial charge in [-0.05, 0) is 58.6 Å². The molecule has 2 atom stereocenters. The summed E-state index contributed by atoms with van der Waals surface area (Å²) in [7, 11) is 1.45. The van der Waals surface area contributed by atoms with Crippen LogP contribution in [0.15, 0.2) is 50.2 Å². The van der Waals surface area contributed by atoms with Gasteiger partial charge in [-0.25, -0.2) is 4.79 Å². The minimum absolute atomic E-state index is 0.0332. The molecular weight excluding hydrogens is 586 g/mol. The number of amides is 1. The van der Waals surface area contributed by atoms with Crippen molar-refractivity contribution in [3.63, 3.8) is 0 Å². The molecule has 0 radical (unpaired) electrons. The van der Waals surface area contributed by atoms with Gasteiger partial charge in [-0.2, -0.15) is 12.6 Å². The highest BCUT2D eigenvalue weighted by atomic mass is 79.9. The van der Waals surface area contributed by atoms with Crippen molar-refractivity contribution >= 4 is 74.0 Å². The van der Waals surface area contributed by atoms with Gasteiger partial charge in [-0.15, -0.1) is 11.8 Å². The van der Waals surface area contributed by atoms with Crippen LogP contribution in [0, 0.1) is 0 Å². The molecule has 0 aliphatic heterocycles. The summed E-state index contributed by atoms with van der Waals surface area (Å²) in [5, 5.41) is 13.3. The van der Waals surface area contributed by atoms with Crippen molar-refractivity contribution in [3.8, 4) is 5.75 Å². The van der Waals surface area contributed by atoms with Crippen molar-refractivity contribution in [2.75, 3.05) is 31.0 Å². The van der Waals surface area contributed by atoms with E-state index in [9.17, 15) is 14.7 Å². The predicted octanol–water partition coefficient (Wildman–Crippen LogP) is 5.81. The second-order valence-electron chi connectivity index (χ2n) is 6.45. The normalized spacial score (nSPS) is 12.7. The Balaban J connectivity index is 2.26. The number of benzene rings is 2. The van der Waals surface area contributed by atoms with E-state index >= 15 is 0 Å². The predicted molar refractivity (Wildman–Crippen MR) is 135 cm³/mol. The van der Waals surface area contributed by atoms with E-state index < -0.39 is 24.3 Å². The first kappa shape index (κ1) is 26.8. The van der Waals surface area contributed by atoms with Crippen LogP contribution in [0.2, 0.25) is 0 Å². The molecule has 174 valence electrons. The fourth-order valence-corrected chi connectivity index (χ4v) is 4.56. The molecule has 32 heavy (non-hydrogen) atoms. The standard InChI is InChI=1S/C21H23Br2NO6S2/c1-28-17(7-8-29-18(25)11-31)20(15-9-12(22)10-16(23)19(15)26)30-21(27)24-13-3-5-14(32-2)6-4-13/h3-6,9-10,17,20,26,31H,7-8,11H2,1-2H3,(H,24,27)/t17-,20-/m1/s1. The molecule has 0 saturated carbocycles. The number of esters is 1. The average molecular weight is 609 g/mol. The topological polar surface area (TPSA) is 94.1 Å². The van der Waals surface area contributed by atoms with E-state index in [0.717, 1.165) is 4.90 Å². The summed E-state index contributed by atoms with van der Waals surface area (Å²) < 4.78 is 17.4.